The average molecular weight is 262 g/mol. The summed E-state index contributed by atoms with van der Waals surface area (Å²) in [4.78, 5) is 0.879. The topological polar surface area (TPSA) is 46.0 Å². The van der Waals surface area contributed by atoms with E-state index in [1.54, 1.807) is 0 Å². The fourth-order valence-electron chi connectivity index (χ4n) is 2.11. The summed E-state index contributed by atoms with van der Waals surface area (Å²) in [6, 6.07) is 6.11. The molecule has 0 fully saturated rings. The normalized spacial score (nSPS) is 12.7. The van der Waals surface area contributed by atoms with Gasteiger partial charge in [0.2, 0.25) is 0 Å². The molecule has 0 bridgehead atoms. The lowest BCUT2D eigenvalue weighted by molar-refractivity contribution is 0.222. The van der Waals surface area contributed by atoms with Crippen molar-refractivity contribution < 1.29 is 5.11 Å². The largest absolute Gasteiger partial charge is 0.383 e. The molecule has 3 nitrogen and oxygen atoms in total. The van der Waals surface area contributed by atoms with Crippen LogP contribution in [0.5, 0.6) is 0 Å². The van der Waals surface area contributed by atoms with Gasteiger partial charge in [-0.25, -0.2) is 0 Å². The lowest BCUT2D eigenvalue weighted by Crippen LogP contribution is -2.03. The molecule has 0 aliphatic heterocycles. The maximum atomic E-state index is 10.5. The summed E-state index contributed by atoms with van der Waals surface area (Å²) in [6.07, 6.45) is 1.28. The van der Waals surface area contributed by atoms with Gasteiger partial charge in [-0.2, -0.15) is 0 Å². The van der Waals surface area contributed by atoms with Gasteiger partial charge in [-0.15, -0.1) is 5.10 Å². The van der Waals surface area contributed by atoms with Gasteiger partial charge in [-0.3, -0.25) is 0 Å². The monoisotopic (exact) mass is 262 g/mol. The standard InChI is InChI=1S/C14H18N2OS/c1-4-5-12-14(18-16-15-12)13(17)11-7-6-9(2)8-10(11)3/h6-8,13,17H,4-5H2,1-3H3. The number of hydrogen-bond donors (Lipinski definition) is 1. The van der Waals surface area contributed by atoms with Crippen molar-refractivity contribution in [1.82, 2.24) is 9.59 Å². The average Bonchev–Trinajstić information content (AvgIpc) is 2.77. The predicted molar refractivity (Wildman–Crippen MR) is 73.9 cm³/mol. The molecule has 0 saturated carbocycles. The Balaban J connectivity index is 2.35. The Morgan fingerprint density at radius 1 is 1.33 bits per heavy atom. The molecule has 0 aliphatic rings. The Labute approximate surface area is 112 Å². The van der Waals surface area contributed by atoms with E-state index in [-0.39, 0.29) is 0 Å². The van der Waals surface area contributed by atoms with E-state index in [2.05, 4.69) is 29.5 Å². The van der Waals surface area contributed by atoms with Gasteiger partial charge in [0.1, 0.15) is 6.10 Å². The van der Waals surface area contributed by atoms with Crippen molar-refractivity contribution in [3.63, 3.8) is 0 Å². The molecule has 0 saturated heterocycles. The Hall–Kier alpha value is -1.26. The molecule has 1 atom stereocenters. The third-order valence-electron chi connectivity index (χ3n) is 3.04. The van der Waals surface area contributed by atoms with Crippen LogP contribution in [0.25, 0.3) is 0 Å². The summed E-state index contributed by atoms with van der Waals surface area (Å²) < 4.78 is 3.97. The van der Waals surface area contributed by atoms with Crippen LogP contribution < -0.4 is 0 Å². The summed E-state index contributed by atoms with van der Waals surface area (Å²) in [5.74, 6) is 0. The van der Waals surface area contributed by atoms with Crippen LogP contribution in [-0.4, -0.2) is 14.7 Å². The molecule has 1 aromatic carbocycles. The van der Waals surface area contributed by atoms with Gasteiger partial charge >= 0.3 is 0 Å². The number of nitrogens with zero attached hydrogens (tertiary/aromatic N) is 2. The highest BCUT2D eigenvalue weighted by atomic mass is 32.1. The summed E-state index contributed by atoms with van der Waals surface area (Å²) in [6.45, 7) is 6.19. The van der Waals surface area contributed by atoms with Crippen molar-refractivity contribution in [3.8, 4) is 0 Å². The van der Waals surface area contributed by atoms with Gasteiger partial charge in [0, 0.05) is 0 Å². The highest BCUT2D eigenvalue weighted by Gasteiger charge is 2.19. The molecule has 96 valence electrons. The minimum atomic E-state index is -0.604. The predicted octanol–water partition coefficient (Wildman–Crippen LogP) is 3.19. The van der Waals surface area contributed by atoms with Crippen molar-refractivity contribution in [2.75, 3.05) is 0 Å². The second kappa shape index (κ2) is 5.59. The lowest BCUT2D eigenvalue weighted by Gasteiger charge is -2.13. The van der Waals surface area contributed by atoms with Crippen LogP contribution >= 0.6 is 11.5 Å². The molecule has 1 N–H and O–H groups in total. The summed E-state index contributed by atoms with van der Waals surface area (Å²) >= 11 is 1.29. The van der Waals surface area contributed by atoms with Crippen molar-refractivity contribution in [3.05, 3.63) is 45.5 Å². The third-order valence-corrected chi connectivity index (χ3v) is 3.86. The molecule has 4 heteroatoms. The summed E-state index contributed by atoms with van der Waals surface area (Å²) in [5.41, 5.74) is 4.19. The number of rotatable bonds is 4. The van der Waals surface area contributed by atoms with Crippen molar-refractivity contribution in [1.29, 1.82) is 0 Å². The minimum absolute atomic E-state index is 0.604. The second-order valence-electron chi connectivity index (χ2n) is 4.60. The van der Waals surface area contributed by atoms with Gasteiger partial charge in [-0.05, 0) is 42.9 Å². The molecule has 0 spiro atoms. The van der Waals surface area contributed by atoms with Gasteiger partial charge < -0.3 is 5.11 Å². The Kier molecular flexibility index (Phi) is 4.09. The van der Waals surface area contributed by atoms with Gasteiger partial charge in [0.25, 0.3) is 0 Å². The SMILES string of the molecule is CCCc1nnsc1C(O)c1ccc(C)cc1C. The second-order valence-corrected chi connectivity index (χ2v) is 5.38. The van der Waals surface area contributed by atoms with Crippen molar-refractivity contribution in [2.24, 2.45) is 0 Å². The number of aryl methyl sites for hydroxylation is 3. The van der Waals surface area contributed by atoms with Gasteiger partial charge in [-0.1, -0.05) is 41.6 Å². The first-order valence-electron chi connectivity index (χ1n) is 6.19. The van der Waals surface area contributed by atoms with Crippen LogP contribution in [0.4, 0.5) is 0 Å². The van der Waals surface area contributed by atoms with E-state index >= 15 is 0 Å². The Morgan fingerprint density at radius 3 is 2.78 bits per heavy atom. The first-order chi connectivity index (χ1) is 8.63. The third kappa shape index (κ3) is 2.60. The van der Waals surface area contributed by atoms with E-state index < -0.39 is 6.10 Å². The van der Waals surface area contributed by atoms with Gasteiger partial charge in [0.15, 0.2) is 0 Å². The first-order valence-corrected chi connectivity index (χ1v) is 6.97. The van der Waals surface area contributed by atoms with E-state index in [0.29, 0.717) is 0 Å². The smallest absolute Gasteiger partial charge is 0.117 e. The maximum absolute atomic E-state index is 10.5. The molecule has 18 heavy (non-hydrogen) atoms. The van der Waals surface area contributed by atoms with Crippen LogP contribution in [0, 0.1) is 13.8 Å². The zero-order valence-electron chi connectivity index (χ0n) is 11.0. The zero-order chi connectivity index (χ0) is 13.1. The van der Waals surface area contributed by atoms with E-state index in [1.165, 1.54) is 17.1 Å². The van der Waals surface area contributed by atoms with Crippen molar-refractivity contribution in [2.45, 2.75) is 39.7 Å². The van der Waals surface area contributed by atoms with Crippen LogP contribution in [0.15, 0.2) is 18.2 Å². The number of benzene rings is 1. The molecule has 2 aromatic rings. The summed E-state index contributed by atoms with van der Waals surface area (Å²) in [7, 11) is 0. The molecule has 1 unspecified atom stereocenters. The molecule has 0 radical (unpaired) electrons. The van der Waals surface area contributed by atoms with E-state index in [4.69, 9.17) is 0 Å². The molecule has 0 amide bonds. The van der Waals surface area contributed by atoms with Crippen LogP contribution in [0.2, 0.25) is 0 Å². The maximum Gasteiger partial charge on any atom is 0.117 e. The number of aliphatic hydroxyl groups is 1. The van der Waals surface area contributed by atoms with Crippen LogP contribution in [0.1, 0.15) is 46.7 Å². The number of aliphatic hydroxyl groups excluding tert-OH is 1. The fourth-order valence-corrected chi connectivity index (χ4v) is 2.81. The first kappa shape index (κ1) is 13.2. The number of aromatic nitrogens is 2. The Bertz CT molecular complexity index is 536. The van der Waals surface area contributed by atoms with Gasteiger partial charge in [0.05, 0.1) is 10.6 Å². The van der Waals surface area contributed by atoms with E-state index in [1.807, 2.05) is 19.1 Å². The lowest BCUT2D eigenvalue weighted by atomic mass is 9.99. The molecule has 1 heterocycles. The molecule has 1 aromatic heterocycles. The van der Waals surface area contributed by atoms with Crippen molar-refractivity contribution >= 4 is 11.5 Å². The number of hydrogen-bond acceptors (Lipinski definition) is 4. The van der Waals surface area contributed by atoms with E-state index in [0.717, 1.165) is 34.5 Å². The Morgan fingerprint density at radius 2 is 2.11 bits per heavy atom. The molecule has 2 rings (SSSR count). The minimum Gasteiger partial charge on any atom is -0.383 e. The quantitative estimate of drug-likeness (QED) is 0.920. The van der Waals surface area contributed by atoms with E-state index in [9.17, 15) is 5.11 Å². The molecule has 0 aliphatic carbocycles. The summed E-state index contributed by atoms with van der Waals surface area (Å²) in [5, 5.41) is 14.6. The fraction of sp³-hybridized carbons (Fsp3) is 0.429. The zero-order valence-corrected chi connectivity index (χ0v) is 11.8. The van der Waals surface area contributed by atoms with Crippen LogP contribution in [0.3, 0.4) is 0 Å². The van der Waals surface area contributed by atoms with Crippen LogP contribution in [-0.2, 0) is 6.42 Å². The highest BCUT2D eigenvalue weighted by molar-refractivity contribution is 7.05. The highest BCUT2D eigenvalue weighted by Crippen LogP contribution is 2.29. The molecular formula is C14H18N2OS. The molecular weight excluding hydrogens is 244 g/mol.